The Morgan fingerprint density at radius 1 is 0.591 bits per heavy atom. The molecule has 0 radical (unpaired) electrons. The van der Waals surface area contributed by atoms with Crippen molar-refractivity contribution in [1.29, 1.82) is 0 Å². The van der Waals surface area contributed by atoms with Crippen LogP contribution in [0, 0.1) is 0 Å². The van der Waals surface area contributed by atoms with E-state index in [4.69, 9.17) is 17.5 Å². The van der Waals surface area contributed by atoms with Gasteiger partial charge in [0.05, 0.1) is 0 Å². The van der Waals surface area contributed by atoms with Crippen molar-refractivity contribution >= 4 is 40.0 Å². The molecule has 0 unspecified atom stereocenters. The normalized spacial score (nSPS) is 9.73. The van der Waals surface area contributed by atoms with E-state index < -0.39 is 10.4 Å². The van der Waals surface area contributed by atoms with Crippen molar-refractivity contribution in [3.8, 4) is 0 Å². The van der Waals surface area contributed by atoms with E-state index in [9.17, 15) is 0 Å². The van der Waals surface area contributed by atoms with Gasteiger partial charge in [0.2, 0.25) is 0 Å². The summed E-state index contributed by atoms with van der Waals surface area (Å²) in [5, 5.41) is 0. The van der Waals surface area contributed by atoms with Gasteiger partial charge < -0.3 is 0 Å². The van der Waals surface area contributed by atoms with E-state index in [-0.39, 0.29) is 29.6 Å². The number of hydrogen-bond donors (Lipinski definition) is 2. The Kier molecular flexibility index (Phi) is 37.4. The van der Waals surface area contributed by atoms with Crippen molar-refractivity contribution in [1.82, 2.24) is 0 Å². The third kappa shape index (κ3) is 58.5. The fourth-order valence-corrected chi connectivity index (χ4v) is 1.91. The molecule has 0 aliphatic heterocycles. The van der Waals surface area contributed by atoms with Gasteiger partial charge in [0, 0.05) is 0 Å². The van der Waals surface area contributed by atoms with E-state index in [0.717, 1.165) is 0 Å². The summed E-state index contributed by atoms with van der Waals surface area (Å²) in [7, 11) is -4.67. The molecule has 0 saturated carbocycles. The molecule has 0 rings (SSSR count). The van der Waals surface area contributed by atoms with Crippen LogP contribution < -0.4 is 0 Å². The molecule has 0 aromatic carbocycles. The molecule has 0 aliphatic carbocycles. The van der Waals surface area contributed by atoms with Gasteiger partial charge in [-0.05, 0) is 0 Å². The standard InChI is InChI=1S/C14H30.C2H6.Na.H2O4S.H/c1-3-5-7-9-11-13-14-12-10-8-6-4-2;1-2;;1-5(2,3)4;/h3-14H2,1-2H3;1-2H3;;(H2,1,2,3,4);. The zero-order valence-corrected chi connectivity index (χ0v) is 15.4. The molecular formula is C16H39NaO4S. The van der Waals surface area contributed by atoms with Crippen LogP contribution in [-0.4, -0.2) is 47.1 Å². The molecule has 0 saturated heterocycles. The first-order valence-electron chi connectivity index (χ1n) is 8.61. The molecule has 4 nitrogen and oxygen atoms in total. The van der Waals surface area contributed by atoms with Crippen molar-refractivity contribution in [3.05, 3.63) is 0 Å². The second-order valence-electron chi connectivity index (χ2n) is 4.98. The molecule has 0 bridgehead atoms. The van der Waals surface area contributed by atoms with Crippen molar-refractivity contribution in [2.24, 2.45) is 0 Å². The summed E-state index contributed by atoms with van der Waals surface area (Å²) in [4.78, 5) is 0. The van der Waals surface area contributed by atoms with Gasteiger partial charge >= 0.3 is 40.0 Å². The van der Waals surface area contributed by atoms with Crippen molar-refractivity contribution in [2.45, 2.75) is 105 Å². The molecular weight excluding hydrogens is 311 g/mol. The predicted molar refractivity (Wildman–Crippen MR) is 99.4 cm³/mol. The number of rotatable bonds is 11. The van der Waals surface area contributed by atoms with Crippen LogP contribution in [0.5, 0.6) is 0 Å². The Hall–Kier alpha value is 0.870. The van der Waals surface area contributed by atoms with Crippen LogP contribution in [0.1, 0.15) is 105 Å². The summed E-state index contributed by atoms with van der Waals surface area (Å²) in [5.41, 5.74) is 0. The first-order valence-corrected chi connectivity index (χ1v) is 10.0. The van der Waals surface area contributed by atoms with Crippen LogP contribution in [0.15, 0.2) is 0 Å². The Bertz CT molecular complexity index is 237. The van der Waals surface area contributed by atoms with E-state index in [2.05, 4.69) is 13.8 Å². The van der Waals surface area contributed by atoms with Gasteiger partial charge in [0.1, 0.15) is 0 Å². The van der Waals surface area contributed by atoms with Gasteiger partial charge in [-0.25, -0.2) is 0 Å². The first-order chi connectivity index (χ1) is 9.91. The van der Waals surface area contributed by atoms with Crippen molar-refractivity contribution in [2.75, 3.05) is 0 Å². The Morgan fingerprint density at radius 3 is 0.864 bits per heavy atom. The fourth-order valence-electron chi connectivity index (χ4n) is 1.91. The van der Waals surface area contributed by atoms with Crippen LogP contribution in [0.25, 0.3) is 0 Å². The maximum absolute atomic E-state index is 8.74. The summed E-state index contributed by atoms with van der Waals surface area (Å²) in [6.45, 7) is 8.57. The summed E-state index contributed by atoms with van der Waals surface area (Å²) >= 11 is 0. The minimum atomic E-state index is -4.67. The molecule has 2 N–H and O–H groups in total. The van der Waals surface area contributed by atoms with Gasteiger partial charge in [-0.1, -0.05) is 105 Å². The predicted octanol–water partition coefficient (Wildman–Crippen LogP) is 5.43. The first kappa shape index (κ1) is 30.7. The molecule has 0 aromatic heterocycles. The van der Waals surface area contributed by atoms with Gasteiger partial charge in [0.15, 0.2) is 0 Å². The molecule has 6 heteroatoms. The van der Waals surface area contributed by atoms with Crippen LogP contribution in [0.3, 0.4) is 0 Å². The van der Waals surface area contributed by atoms with Crippen LogP contribution in [-0.2, 0) is 10.4 Å². The molecule has 0 aromatic rings. The number of hydrogen-bond acceptors (Lipinski definition) is 2. The third-order valence-electron chi connectivity index (χ3n) is 2.96. The second kappa shape index (κ2) is 26.8. The zero-order chi connectivity index (χ0) is 17.0. The van der Waals surface area contributed by atoms with Gasteiger partial charge in [-0.15, -0.1) is 0 Å². The molecule has 0 amide bonds. The van der Waals surface area contributed by atoms with E-state index in [1.54, 1.807) is 0 Å². The van der Waals surface area contributed by atoms with Gasteiger partial charge in [-0.2, -0.15) is 8.42 Å². The maximum atomic E-state index is 8.74. The molecule has 22 heavy (non-hydrogen) atoms. The van der Waals surface area contributed by atoms with Crippen LogP contribution in [0.4, 0.5) is 0 Å². The van der Waals surface area contributed by atoms with E-state index in [1.165, 1.54) is 77.0 Å². The molecule has 0 aliphatic rings. The Morgan fingerprint density at radius 2 is 0.727 bits per heavy atom. The number of unbranched alkanes of at least 4 members (excludes halogenated alkanes) is 11. The van der Waals surface area contributed by atoms with Crippen LogP contribution >= 0.6 is 0 Å². The molecule has 0 heterocycles. The minimum absolute atomic E-state index is 0. The van der Waals surface area contributed by atoms with E-state index >= 15 is 0 Å². The van der Waals surface area contributed by atoms with Gasteiger partial charge in [0.25, 0.3) is 0 Å². The fraction of sp³-hybridized carbons (Fsp3) is 1.00. The molecule has 134 valence electrons. The monoisotopic (exact) mass is 350 g/mol. The van der Waals surface area contributed by atoms with Gasteiger partial charge in [-0.3, -0.25) is 9.11 Å². The summed E-state index contributed by atoms with van der Waals surface area (Å²) in [6.07, 6.45) is 17.4. The Balaban J connectivity index is -0.000000172. The summed E-state index contributed by atoms with van der Waals surface area (Å²) < 4.78 is 31.6. The van der Waals surface area contributed by atoms with Crippen molar-refractivity contribution in [3.63, 3.8) is 0 Å². The molecule has 0 fully saturated rings. The molecule has 0 atom stereocenters. The van der Waals surface area contributed by atoms with E-state index in [1.807, 2.05) is 13.8 Å². The Labute approximate surface area is 161 Å². The summed E-state index contributed by atoms with van der Waals surface area (Å²) in [5.74, 6) is 0. The third-order valence-corrected chi connectivity index (χ3v) is 2.96. The average molecular weight is 351 g/mol. The topological polar surface area (TPSA) is 74.6 Å². The van der Waals surface area contributed by atoms with Crippen LogP contribution in [0.2, 0.25) is 0 Å². The van der Waals surface area contributed by atoms with Crippen molar-refractivity contribution < 1.29 is 17.5 Å². The quantitative estimate of drug-likeness (QED) is 0.296. The van der Waals surface area contributed by atoms with E-state index in [0.29, 0.717) is 0 Å². The average Bonchev–Trinajstić information content (AvgIpc) is 2.41. The summed E-state index contributed by atoms with van der Waals surface area (Å²) in [6, 6.07) is 0. The molecule has 0 spiro atoms. The SMILES string of the molecule is CC.CCCCCCCCCCCCCC.O=S(=O)(O)O.[NaH]. The second-order valence-corrected chi connectivity index (χ2v) is 5.88. The zero-order valence-electron chi connectivity index (χ0n) is 14.6.